The molecule has 5 rings (SSSR count). The minimum absolute atomic E-state index is 0.145. The third kappa shape index (κ3) is 2.29. The lowest BCUT2D eigenvalue weighted by Crippen LogP contribution is -2.45. The number of carbonyl (C=O) groups excluding carboxylic acids is 1. The zero-order valence-electron chi connectivity index (χ0n) is 14.8. The molecule has 2 bridgehead atoms. The van der Waals surface area contributed by atoms with Crippen molar-refractivity contribution in [3.8, 4) is 0 Å². The highest BCUT2D eigenvalue weighted by Gasteiger charge is 2.68. The van der Waals surface area contributed by atoms with E-state index in [4.69, 9.17) is 9.47 Å². The number of carbonyl (C=O) groups is 1. The van der Waals surface area contributed by atoms with E-state index in [1.165, 1.54) is 22.7 Å². The molecule has 1 aliphatic heterocycles. The SMILES string of the molecule is CC1(C)[C@@H]2CC(OC(=O)C(O)(c3cccs3)c3cccs3)C[C@H]1[C@@H]1O[C@@H]12. The lowest BCUT2D eigenvalue weighted by Gasteiger charge is -2.43. The van der Waals surface area contributed by atoms with Crippen molar-refractivity contribution in [3.63, 3.8) is 0 Å². The van der Waals surface area contributed by atoms with Gasteiger partial charge >= 0.3 is 5.97 Å². The topological polar surface area (TPSA) is 59.1 Å². The normalized spacial score (nSPS) is 34.3. The Morgan fingerprint density at radius 2 is 1.69 bits per heavy atom. The fourth-order valence-corrected chi connectivity index (χ4v) is 6.78. The second kappa shape index (κ2) is 5.64. The molecular weight excluding hydrogens is 368 g/mol. The summed E-state index contributed by atoms with van der Waals surface area (Å²) in [6, 6.07) is 7.28. The smallest absolute Gasteiger partial charge is 0.349 e. The van der Waals surface area contributed by atoms with Crippen LogP contribution in [-0.2, 0) is 19.9 Å². The molecule has 2 saturated carbocycles. The second-order valence-electron chi connectivity index (χ2n) is 8.26. The first-order valence-corrected chi connectivity index (χ1v) is 10.8. The Hall–Kier alpha value is -1.21. The maximum atomic E-state index is 13.1. The highest BCUT2D eigenvalue weighted by Crippen LogP contribution is 2.64. The van der Waals surface area contributed by atoms with Gasteiger partial charge in [-0.3, -0.25) is 0 Å². The van der Waals surface area contributed by atoms with Gasteiger partial charge in [0.05, 0.1) is 22.0 Å². The van der Waals surface area contributed by atoms with Crippen molar-refractivity contribution < 1.29 is 19.4 Å². The van der Waals surface area contributed by atoms with Gasteiger partial charge in [-0.15, -0.1) is 22.7 Å². The lowest BCUT2D eigenvalue weighted by atomic mass is 9.66. The quantitative estimate of drug-likeness (QED) is 0.637. The van der Waals surface area contributed by atoms with Crippen molar-refractivity contribution in [2.75, 3.05) is 0 Å². The van der Waals surface area contributed by atoms with Crippen LogP contribution in [-0.4, -0.2) is 29.4 Å². The number of rotatable bonds is 4. The van der Waals surface area contributed by atoms with Crippen LogP contribution in [0.1, 0.15) is 36.4 Å². The minimum atomic E-state index is -1.71. The Morgan fingerprint density at radius 1 is 1.15 bits per heavy atom. The fraction of sp³-hybridized carbons (Fsp3) is 0.550. The molecule has 2 aromatic heterocycles. The molecule has 3 heterocycles. The van der Waals surface area contributed by atoms with Crippen LogP contribution in [0, 0.1) is 17.3 Å². The molecule has 5 atom stereocenters. The van der Waals surface area contributed by atoms with E-state index < -0.39 is 11.6 Å². The van der Waals surface area contributed by atoms with Gasteiger partial charge in [-0.25, -0.2) is 4.79 Å². The largest absolute Gasteiger partial charge is 0.460 e. The molecule has 2 aliphatic carbocycles. The van der Waals surface area contributed by atoms with E-state index in [1.807, 2.05) is 22.9 Å². The van der Waals surface area contributed by atoms with Gasteiger partial charge in [0, 0.05) is 0 Å². The first-order chi connectivity index (χ1) is 12.4. The highest BCUT2D eigenvalue weighted by atomic mass is 32.1. The summed E-state index contributed by atoms with van der Waals surface area (Å²) in [6.45, 7) is 4.62. The molecule has 3 aliphatic rings. The van der Waals surface area contributed by atoms with E-state index in [0.717, 1.165) is 12.8 Å². The number of esters is 1. The molecule has 1 saturated heterocycles. The van der Waals surface area contributed by atoms with Crippen molar-refractivity contribution >= 4 is 28.6 Å². The van der Waals surface area contributed by atoms with E-state index in [1.54, 1.807) is 12.1 Å². The van der Waals surface area contributed by atoms with Crippen molar-refractivity contribution in [1.82, 2.24) is 0 Å². The Balaban J connectivity index is 1.40. The summed E-state index contributed by atoms with van der Waals surface area (Å²) in [5.74, 6) is 0.308. The molecule has 0 radical (unpaired) electrons. The third-order valence-electron chi connectivity index (χ3n) is 6.62. The van der Waals surface area contributed by atoms with Gasteiger partial charge < -0.3 is 14.6 Å². The van der Waals surface area contributed by atoms with Gasteiger partial charge in [0.25, 0.3) is 0 Å². The molecule has 2 aromatic rings. The first-order valence-electron chi connectivity index (χ1n) is 9.09. The van der Waals surface area contributed by atoms with E-state index in [0.29, 0.717) is 33.8 Å². The molecule has 26 heavy (non-hydrogen) atoms. The monoisotopic (exact) mass is 390 g/mol. The number of ether oxygens (including phenoxy) is 2. The maximum absolute atomic E-state index is 13.1. The number of aliphatic hydroxyl groups is 1. The number of hydrogen-bond donors (Lipinski definition) is 1. The maximum Gasteiger partial charge on any atom is 0.349 e. The first kappa shape index (κ1) is 16.9. The molecule has 1 unspecified atom stereocenters. The van der Waals surface area contributed by atoms with Crippen LogP contribution < -0.4 is 0 Å². The predicted molar refractivity (Wildman–Crippen MR) is 100 cm³/mol. The Kier molecular flexibility index (Phi) is 3.67. The van der Waals surface area contributed by atoms with E-state index >= 15 is 0 Å². The average molecular weight is 391 g/mol. The molecule has 0 spiro atoms. The van der Waals surface area contributed by atoms with Crippen LogP contribution in [0.3, 0.4) is 0 Å². The zero-order chi connectivity index (χ0) is 18.1. The molecule has 4 nitrogen and oxygen atoms in total. The Labute approximate surface area is 160 Å². The molecule has 3 fully saturated rings. The van der Waals surface area contributed by atoms with Gasteiger partial charge in [0.2, 0.25) is 5.60 Å². The van der Waals surface area contributed by atoms with Crippen molar-refractivity contribution in [2.24, 2.45) is 17.3 Å². The second-order valence-corrected chi connectivity index (χ2v) is 10.2. The molecule has 6 heteroatoms. The van der Waals surface area contributed by atoms with E-state index in [9.17, 15) is 9.90 Å². The predicted octanol–water partition coefficient (Wildman–Crippen LogP) is 3.79. The van der Waals surface area contributed by atoms with Crippen LogP contribution in [0.25, 0.3) is 0 Å². The molecule has 1 N–H and O–H groups in total. The lowest BCUT2D eigenvalue weighted by molar-refractivity contribution is -0.173. The highest BCUT2D eigenvalue weighted by molar-refractivity contribution is 7.12. The molecule has 138 valence electrons. The van der Waals surface area contributed by atoms with Crippen molar-refractivity contribution in [1.29, 1.82) is 0 Å². The summed E-state index contributed by atoms with van der Waals surface area (Å²) in [7, 11) is 0. The summed E-state index contributed by atoms with van der Waals surface area (Å²) < 4.78 is 11.7. The summed E-state index contributed by atoms with van der Waals surface area (Å²) >= 11 is 2.75. The molecular formula is C20H22O4S2. The summed E-state index contributed by atoms with van der Waals surface area (Å²) in [6.07, 6.45) is 2.18. The van der Waals surface area contributed by atoms with Gasteiger partial charge in [-0.05, 0) is 53.0 Å². The summed E-state index contributed by atoms with van der Waals surface area (Å²) in [5, 5.41) is 15.1. The molecule has 0 amide bonds. The van der Waals surface area contributed by atoms with Crippen LogP contribution >= 0.6 is 22.7 Å². The molecule has 0 aromatic carbocycles. The number of hydrogen-bond acceptors (Lipinski definition) is 6. The van der Waals surface area contributed by atoms with Gasteiger partial charge in [-0.1, -0.05) is 26.0 Å². The van der Waals surface area contributed by atoms with Crippen LogP contribution in [0.15, 0.2) is 35.0 Å². The fourth-order valence-electron chi connectivity index (χ4n) is 5.07. The summed E-state index contributed by atoms with van der Waals surface area (Å²) in [5.41, 5.74) is -1.47. The van der Waals surface area contributed by atoms with Gasteiger partial charge in [0.1, 0.15) is 6.10 Å². The van der Waals surface area contributed by atoms with E-state index in [-0.39, 0.29) is 11.5 Å². The van der Waals surface area contributed by atoms with Crippen molar-refractivity contribution in [2.45, 2.75) is 50.6 Å². The van der Waals surface area contributed by atoms with Crippen LogP contribution in [0.4, 0.5) is 0 Å². The number of epoxide rings is 1. The number of thiophene rings is 2. The van der Waals surface area contributed by atoms with Gasteiger partial charge in [0.15, 0.2) is 0 Å². The van der Waals surface area contributed by atoms with E-state index in [2.05, 4.69) is 13.8 Å². The zero-order valence-corrected chi connectivity index (χ0v) is 16.4. The number of fused-ring (bicyclic) bond motifs is 5. The summed E-state index contributed by atoms with van der Waals surface area (Å²) in [4.78, 5) is 14.3. The van der Waals surface area contributed by atoms with Crippen molar-refractivity contribution in [3.05, 3.63) is 44.8 Å². The van der Waals surface area contributed by atoms with Gasteiger partial charge in [-0.2, -0.15) is 0 Å². The average Bonchev–Trinajstić information content (AvgIpc) is 2.98. The Morgan fingerprint density at radius 3 is 2.15 bits per heavy atom. The van der Waals surface area contributed by atoms with Crippen LogP contribution in [0.5, 0.6) is 0 Å². The minimum Gasteiger partial charge on any atom is -0.460 e. The Bertz CT molecular complexity index is 757. The third-order valence-corrected chi connectivity index (χ3v) is 8.58. The standard InChI is InChI=1S/C20H22O4S2/c1-19(2)12-9-11(10-13(19)17-16(12)24-17)23-18(21)20(22,14-5-3-7-25-14)15-6-4-8-26-15/h3-8,11-13,16-17,22H,9-10H2,1-2H3/t11?,12-,13+,16-,17+. The van der Waals surface area contributed by atoms with Crippen LogP contribution in [0.2, 0.25) is 0 Å².